The first-order chi connectivity index (χ1) is 10.3. The first kappa shape index (κ1) is 15.7. The van der Waals surface area contributed by atoms with Gasteiger partial charge in [-0.1, -0.05) is 0 Å². The number of aromatic nitrogens is 4. The number of anilines is 1. The second-order valence-corrected chi connectivity index (χ2v) is 5.10. The van der Waals surface area contributed by atoms with Crippen LogP contribution in [0.5, 0.6) is 0 Å². The molecule has 118 valence electrons. The van der Waals surface area contributed by atoms with Crippen LogP contribution in [0.3, 0.4) is 0 Å². The summed E-state index contributed by atoms with van der Waals surface area (Å²) < 4.78 is 3.11. The maximum absolute atomic E-state index is 12.0. The lowest BCUT2D eigenvalue weighted by Crippen LogP contribution is -2.16. The van der Waals surface area contributed by atoms with Crippen molar-refractivity contribution in [1.29, 1.82) is 0 Å². The number of hydrogen-bond donors (Lipinski definition) is 1. The predicted molar refractivity (Wildman–Crippen MR) is 79.5 cm³/mol. The van der Waals surface area contributed by atoms with Gasteiger partial charge in [-0.2, -0.15) is 10.2 Å². The standard InChI is InChI=1S/C13H18N6O3/c1-8-11(7-17(4)15-8)14-12(20)5-6-18-10(3)13(19(21)22)9(2)16-18/h7H,5-6H2,1-4H3,(H,14,20). The molecule has 0 aliphatic carbocycles. The Morgan fingerprint density at radius 2 is 2.00 bits per heavy atom. The van der Waals surface area contributed by atoms with Crippen LogP contribution < -0.4 is 5.32 Å². The van der Waals surface area contributed by atoms with Gasteiger partial charge in [0.2, 0.25) is 5.91 Å². The van der Waals surface area contributed by atoms with Crippen molar-refractivity contribution in [2.45, 2.75) is 33.7 Å². The van der Waals surface area contributed by atoms with Crippen LogP contribution in [0, 0.1) is 30.9 Å². The van der Waals surface area contributed by atoms with E-state index in [4.69, 9.17) is 0 Å². The summed E-state index contributed by atoms with van der Waals surface area (Å²) in [6.45, 7) is 5.30. The molecular weight excluding hydrogens is 288 g/mol. The van der Waals surface area contributed by atoms with E-state index < -0.39 is 4.92 Å². The molecule has 2 aromatic heterocycles. The molecule has 1 N–H and O–H groups in total. The quantitative estimate of drug-likeness (QED) is 0.665. The van der Waals surface area contributed by atoms with Crippen molar-refractivity contribution in [3.63, 3.8) is 0 Å². The van der Waals surface area contributed by atoms with Crippen LogP contribution in [0.1, 0.15) is 23.5 Å². The Bertz CT molecular complexity index is 730. The van der Waals surface area contributed by atoms with Gasteiger partial charge in [0, 0.05) is 19.7 Å². The zero-order valence-corrected chi connectivity index (χ0v) is 13.0. The normalized spacial score (nSPS) is 10.7. The van der Waals surface area contributed by atoms with E-state index in [0.29, 0.717) is 17.1 Å². The smallest absolute Gasteiger partial charge is 0.312 e. The molecule has 0 saturated heterocycles. The fraction of sp³-hybridized carbons (Fsp3) is 0.462. The minimum absolute atomic E-state index is 0.00325. The van der Waals surface area contributed by atoms with Crippen molar-refractivity contribution in [3.05, 3.63) is 33.4 Å². The SMILES string of the molecule is Cc1nn(C)cc1NC(=O)CCn1nc(C)c([N+](=O)[O-])c1C. The van der Waals surface area contributed by atoms with Crippen molar-refractivity contribution in [2.75, 3.05) is 5.32 Å². The molecule has 0 aliphatic rings. The van der Waals surface area contributed by atoms with Gasteiger partial charge in [0.05, 0.1) is 22.8 Å². The fourth-order valence-corrected chi connectivity index (χ4v) is 2.31. The number of rotatable bonds is 5. The number of hydrogen-bond acceptors (Lipinski definition) is 5. The Hall–Kier alpha value is -2.71. The number of nitrogens with zero attached hydrogens (tertiary/aromatic N) is 5. The van der Waals surface area contributed by atoms with Crippen LogP contribution in [-0.4, -0.2) is 30.4 Å². The fourth-order valence-electron chi connectivity index (χ4n) is 2.31. The first-order valence-corrected chi connectivity index (χ1v) is 6.78. The topological polar surface area (TPSA) is 108 Å². The van der Waals surface area contributed by atoms with Crippen LogP contribution in [0.25, 0.3) is 0 Å². The molecule has 2 aromatic rings. The summed E-state index contributed by atoms with van der Waals surface area (Å²) in [6, 6.07) is 0. The Labute approximate surface area is 127 Å². The molecule has 0 spiro atoms. The number of carbonyl (C=O) groups excluding carboxylic acids is 1. The van der Waals surface area contributed by atoms with E-state index in [9.17, 15) is 14.9 Å². The van der Waals surface area contributed by atoms with Crippen molar-refractivity contribution in [3.8, 4) is 0 Å². The zero-order chi connectivity index (χ0) is 16.4. The lowest BCUT2D eigenvalue weighted by atomic mass is 10.3. The number of nitro groups is 1. The molecular formula is C13H18N6O3. The molecule has 0 aliphatic heterocycles. The summed E-state index contributed by atoms with van der Waals surface area (Å²) in [4.78, 5) is 22.4. The first-order valence-electron chi connectivity index (χ1n) is 6.78. The molecule has 0 bridgehead atoms. The number of aryl methyl sites for hydroxylation is 4. The second kappa shape index (κ2) is 5.96. The molecule has 9 heteroatoms. The van der Waals surface area contributed by atoms with Crippen LogP contribution >= 0.6 is 0 Å². The lowest BCUT2D eigenvalue weighted by molar-refractivity contribution is -0.386. The van der Waals surface area contributed by atoms with Crippen LogP contribution in [0.4, 0.5) is 11.4 Å². The summed E-state index contributed by atoms with van der Waals surface area (Å²) in [7, 11) is 1.78. The minimum Gasteiger partial charge on any atom is -0.323 e. The molecule has 2 heterocycles. The Kier molecular flexibility index (Phi) is 4.25. The van der Waals surface area contributed by atoms with Gasteiger partial charge in [0.25, 0.3) is 0 Å². The van der Waals surface area contributed by atoms with E-state index in [1.54, 1.807) is 38.7 Å². The van der Waals surface area contributed by atoms with Crippen molar-refractivity contribution in [2.24, 2.45) is 7.05 Å². The number of nitrogens with one attached hydrogen (secondary N) is 1. The van der Waals surface area contributed by atoms with Crippen molar-refractivity contribution >= 4 is 17.3 Å². The average Bonchev–Trinajstić information content (AvgIpc) is 2.86. The average molecular weight is 306 g/mol. The Morgan fingerprint density at radius 1 is 1.32 bits per heavy atom. The molecule has 1 amide bonds. The summed E-state index contributed by atoms with van der Waals surface area (Å²) in [5, 5.41) is 22.0. The van der Waals surface area contributed by atoms with E-state index in [0.717, 1.165) is 5.69 Å². The molecule has 2 rings (SSSR count). The summed E-state index contributed by atoms with van der Waals surface area (Å²) in [5.74, 6) is -0.189. The third kappa shape index (κ3) is 3.13. The van der Waals surface area contributed by atoms with Gasteiger partial charge >= 0.3 is 5.69 Å². The van der Waals surface area contributed by atoms with E-state index in [1.165, 1.54) is 4.68 Å². The highest BCUT2D eigenvalue weighted by atomic mass is 16.6. The molecule has 0 fully saturated rings. The van der Waals surface area contributed by atoms with Gasteiger partial charge in [-0.25, -0.2) is 0 Å². The maximum atomic E-state index is 12.0. The Balaban J connectivity index is 2.01. The van der Waals surface area contributed by atoms with Crippen molar-refractivity contribution < 1.29 is 9.72 Å². The highest BCUT2D eigenvalue weighted by Crippen LogP contribution is 2.22. The van der Waals surface area contributed by atoms with Gasteiger partial charge in [-0.3, -0.25) is 24.3 Å². The number of amides is 1. The Morgan fingerprint density at radius 3 is 2.50 bits per heavy atom. The van der Waals surface area contributed by atoms with Gasteiger partial charge in [0.15, 0.2) is 0 Å². The predicted octanol–water partition coefficient (Wildman–Crippen LogP) is 1.48. The monoisotopic (exact) mass is 306 g/mol. The van der Waals surface area contributed by atoms with E-state index in [1.807, 2.05) is 0 Å². The summed E-state index contributed by atoms with van der Waals surface area (Å²) in [5.41, 5.74) is 2.20. The zero-order valence-electron chi connectivity index (χ0n) is 13.0. The van der Waals surface area contributed by atoms with Gasteiger partial charge < -0.3 is 5.32 Å². The maximum Gasteiger partial charge on any atom is 0.312 e. The highest BCUT2D eigenvalue weighted by molar-refractivity contribution is 5.91. The molecule has 0 radical (unpaired) electrons. The van der Waals surface area contributed by atoms with Crippen LogP contribution in [0.15, 0.2) is 6.20 Å². The molecule has 0 unspecified atom stereocenters. The largest absolute Gasteiger partial charge is 0.323 e. The second-order valence-electron chi connectivity index (χ2n) is 5.10. The molecule has 0 atom stereocenters. The van der Waals surface area contributed by atoms with E-state index >= 15 is 0 Å². The van der Waals surface area contributed by atoms with Gasteiger partial charge in [-0.05, 0) is 20.8 Å². The lowest BCUT2D eigenvalue weighted by Gasteiger charge is -2.05. The minimum atomic E-state index is -0.451. The van der Waals surface area contributed by atoms with E-state index in [-0.39, 0.29) is 24.6 Å². The van der Waals surface area contributed by atoms with Crippen molar-refractivity contribution in [1.82, 2.24) is 19.6 Å². The molecule has 22 heavy (non-hydrogen) atoms. The molecule has 9 nitrogen and oxygen atoms in total. The van der Waals surface area contributed by atoms with Crippen LogP contribution in [0.2, 0.25) is 0 Å². The summed E-state index contributed by atoms with van der Waals surface area (Å²) in [6.07, 6.45) is 1.90. The third-order valence-corrected chi connectivity index (χ3v) is 3.36. The molecule has 0 aromatic carbocycles. The third-order valence-electron chi connectivity index (χ3n) is 3.36. The number of carbonyl (C=O) groups is 1. The van der Waals surface area contributed by atoms with Gasteiger partial charge in [0.1, 0.15) is 11.4 Å². The molecule has 0 saturated carbocycles. The summed E-state index contributed by atoms with van der Waals surface area (Å²) >= 11 is 0. The van der Waals surface area contributed by atoms with Gasteiger partial charge in [-0.15, -0.1) is 0 Å². The highest BCUT2D eigenvalue weighted by Gasteiger charge is 2.21. The van der Waals surface area contributed by atoms with Crippen LogP contribution in [-0.2, 0) is 18.4 Å². The van der Waals surface area contributed by atoms with E-state index in [2.05, 4.69) is 15.5 Å².